The fourth-order valence-corrected chi connectivity index (χ4v) is 3.34. The first-order valence-corrected chi connectivity index (χ1v) is 11.2. The highest BCUT2D eigenvalue weighted by Gasteiger charge is 2.11. The van der Waals surface area contributed by atoms with Crippen LogP contribution < -0.4 is 10.1 Å². The molecule has 0 spiro atoms. The van der Waals surface area contributed by atoms with Gasteiger partial charge in [-0.3, -0.25) is 14.4 Å². The van der Waals surface area contributed by atoms with E-state index in [1.54, 1.807) is 36.4 Å². The van der Waals surface area contributed by atoms with Gasteiger partial charge in [0.25, 0.3) is 0 Å². The number of carbonyl (C=O) groups excluding carboxylic acids is 3. The van der Waals surface area contributed by atoms with E-state index < -0.39 is 5.97 Å². The van der Waals surface area contributed by atoms with Gasteiger partial charge in [0.1, 0.15) is 11.5 Å². The predicted octanol–water partition coefficient (Wildman–Crippen LogP) is 5.94. The Kier molecular flexibility index (Phi) is 8.57. The molecule has 0 aliphatic rings. The number of amides is 1. The molecule has 34 heavy (non-hydrogen) atoms. The van der Waals surface area contributed by atoms with Crippen molar-refractivity contribution in [1.82, 2.24) is 0 Å². The zero-order valence-electron chi connectivity index (χ0n) is 19.7. The van der Waals surface area contributed by atoms with Crippen LogP contribution in [0.25, 0.3) is 0 Å². The number of carbonyl (C=O) groups is 3. The first kappa shape index (κ1) is 24.7. The van der Waals surface area contributed by atoms with E-state index in [1.165, 1.54) is 0 Å². The van der Waals surface area contributed by atoms with Crippen LogP contribution >= 0.6 is 0 Å². The lowest BCUT2D eigenvalue weighted by Crippen LogP contribution is -2.15. The van der Waals surface area contributed by atoms with Gasteiger partial charge in [0.2, 0.25) is 5.91 Å². The minimum absolute atomic E-state index is 0.0666. The summed E-state index contributed by atoms with van der Waals surface area (Å²) in [5.74, 6) is 0.550. The third kappa shape index (κ3) is 7.30. The highest BCUT2D eigenvalue weighted by molar-refractivity contribution is 5.98. The maximum Gasteiger partial charge on any atom is 0.306 e. The summed E-state index contributed by atoms with van der Waals surface area (Å²) in [6, 6.07) is 20.2. The molecule has 0 heterocycles. The first-order valence-electron chi connectivity index (χ1n) is 11.2. The fraction of sp³-hybridized carbons (Fsp3) is 0.250. The molecule has 0 bridgehead atoms. The van der Waals surface area contributed by atoms with Gasteiger partial charge in [-0.15, -0.1) is 0 Å². The smallest absolute Gasteiger partial charge is 0.306 e. The van der Waals surface area contributed by atoms with Crippen LogP contribution in [0.3, 0.4) is 0 Å². The lowest BCUT2D eigenvalue weighted by atomic mass is 10.1. The predicted molar refractivity (Wildman–Crippen MR) is 131 cm³/mol. The number of esters is 1. The number of hydrogen-bond donors (Lipinski definition) is 1. The number of rotatable bonds is 10. The van der Waals surface area contributed by atoms with Crippen molar-refractivity contribution in [3.8, 4) is 11.5 Å². The molecule has 0 atom stereocenters. The molecule has 0 unspecified atom stereocenters. The van der Waals surface area contributed by atoms with E-state index in [4.69, 9.17) is 9.47 Å². The average Bonchev–Trinajstić information content (AvgIpc) is 2.81. The molecule has 0 aliphatic heterocycles. The van der Waals surface area contributed by atoms with Crippen molar-refractivity contribution in [3.05, 3.63) is 89.0 Å². The van der Waals surface area contributed by atoms with E-state index in [1.807, 2.05) is 51.1 Å². The molecule has 176 valence electrons. The Bertz CT molecular complexity index is 1130. The van der Waals surface area contributed by atoms with E-state index in [2.05, 4.69) is 5.32 Å². The normalized spacial score (nSPS) is 10.4. The zero-order valence-corrected chi connectivity index (χ0v) is 19.7. The van der Waals surface area contributed by atoms with E-state index >= 15 is 0 Å². The van der Waals surface area contributed by atoms with Crippen molar-refractivity contribution < 1.29 is 23.9 Å². The van der Waals surface area contributed by atoms with Crippen LogP contribution in [0.5, 0.6) is 11.5 Å². The molecule has 3 aromatic rings. The fourth-order valence-electron chi connectivity index (χ4n) is 3.34. The monoisotopic (exact) mass is 459 g/mol. The van der Waals surface area contributed by atoms with Crippen LogP contribution in [-0.2, 0) is 14.3 Å². The van der Waals surface area contributed by atoms with Gasteiger partial charge < -0.3 is 14.8 Å². The molecule has 0 radical (unpaired) electrons. The Morgan fingerprint density at radius 3 is 2.09 bits per heavy atom. The lowest BCUT2D eigenvalue weighted by molar-refractivity contribution is -0.142. The van der Waals surface area contributed by atoms with E-state index in [0.717, 1.165) is 22.4 Å². The van der Waals surface area contributed by atoms with Crippen LogP contribution in [0.1, 0.15) is 46.3 Å². The molecular weight excluding hydrogens is 430 g/mol. The van der Waals surface area contributed by atoms with E-state index in [0.29, 0.717) is 23.4 Å². The standard InChI is InChI=1S/C28H29NO5/c1-19-10-12-22(13-11-19)25(30)18-33-27(32)9-5-8-26(31)29-23-14-16-24(17-15-23)34-28-20(2)6-4-7-21(28)3/h4,6-7,10-17H,5,8-9,18H2,1-3H3,(H,29,31). The maximum atomic E-state index is 12.2. The summed E-state index contributed by atoms with van der Waals surface area (Å²) in [5, 5.41) is 2.81. The molecular formula is C28H29NO5. The molecule has 1 amide bonds. The maximum absolute atomic E-state index is 12.2. The van der Waals surface area contributed by atoms with Gasteiger partial charge in [-0.2, -0.15) is 0 Å². The second kappa shape index (κ2) is 11.8. The number of anilines is 1. The number of hydrogen-bond acceptors (Lipinski definition) is 5. The third-order valence-corrected chi connectivity index (χ3v) is 5.29. The Labute approximate surface area is 199 Å². The number of para-hydroxylation sites is 1. The average molecular weight is 460 g/mol. The van der Waals surface area contributed by atoms with Gasteiger partial charge in [-0.05, 0) is 62.6 Å². The van der Waals surface area contributed by atoms with Crippen LogP contribution in [0.4, 0.5) is 5.69 Å². The molecule has 0 aliphatic carbocycles. The van der Waals surface area contributed by atoms with Crippen LogP contribution in [-0.4, -0.2) is 24.3 Å². The van der Waals surface area contributed by atoms with Crippen LogP contribution in [0.2, 0.25) is 0 Å². The Morgan fingerprint density at radius 2 is 1.44 bits per heavy atom. The molecule has 0 saturated carbocycles. The van der Waals surface area contributed by atoms with Crippen LogP contribution in [0.15, 0.2) is 66.7 Å². The summed E-state index contributed by atoms with van der Waals surface area (Å²) < 4.78 is 11.0. The lowest BCUT2D eigenvalue weighted by Gasteiger charge is -2.12. The second-order valence-corrected chi connectivity index (χ2v) is 8.20. The van der Waals surface area contributed by atoms with Crippen molar-refractivity contribution in [2.24, 2.45) is 0 Å². The Balaban J connectivity index is 1.38. The van der Waals surface area contributed by atoms with E-state index in [-0.39, 0.29) is 31.1 Å². The van der Waals surface area contributed by atoms with Crippen molar-refractivity contribution in [2.75, 3.05) is 11.9 Å². The number of nitrogens with one attached hydrogen (secondary N) is 1. The highest BCUT2D eigenvalue weighted by Crippen LogP contribution is 2.29. The largest absolute Gasteiger partial charge is 0.457 e. The van der Waals surface area contributed by atoms with Crippen molar-refractivity contribution in [3.63, 3.8) is 0 Å². The van der Waals surface area contributed by atoms with Gasteiger partial charge >= 0.3 is 5.97 Å². The highest BCUT2D eigenvalue weighted by atomic mass is 16.5. The minimum Gasteiger partial charge on any atom is -0.457 e. The quantitative estimate of drug-likeness (QED) is 0.300. The summed E-state index contributed by atoms with van der Waals surface area (Å²) in [7, 11) is 0. The molecule has 0 aromatic heterocycles. The van der Waals surface area contributed by atoms with E-state index in [9.17, 15) is 14.4 Å². The number of ether oxygens (including phenoxy) is 2. The summed E-state index contributed by atoms with van der Waals surface area (Å²) in [5.41, 5.74) is 4.30. The molecule has 6 heteroatoms. The number of aryl methyl sites for hydroxylation is 3. The van der Waals surface area contributed by atoms with Gasteiger partial charge in [-0.25, -0.2) is 0 Å². The minimum atomic E-state index is -0.499. The summed E-state index contributed by atoms with van der Waals surface area (Å²) >= 11 is 0. The summed E-state index contributed by atoms with van der Waals surface area (Å²) in [6.45, 7) is 5.62. The van der Waals surface area contributed by atoms with Gasteiger partial charge in [-0.1, -0.05) is 48.0 Å². The topological polar surface area (TPSA) is 81.7 Å². The summed E-state index contributed by atoms with van der Waals surface area (Å²) in [4.78, 5) is 36.1. The molecule has 3 aromatic carbocycles. The van der Waals surface area contributed by atoms with Crippen LogP contribution in [0, 0.1) is 20.8 Å². The Hall–Kier alpha value is -3.93. The van der Waals surface area contributed by atoms with Gasteiger partial charge in [0.05, 0.1) is 0 Å². The second-order valence-electron chi connectivity index (χ2n) is 8.20. The SMILES string of the molecule is Cc1ccc(C(=O)COC(=O)CCCC(=O)Nc2ccc(Oc3c(C)cccc3C)cc2)cc1. The molecule has 0 saturated heterocycles. The zero-order chi connectivity index (χ0) is 24.5. The number of Topliss-reactive ketones (excluding diaryl/α,β-unsaturated/α-hetero) is 1. The molecule has 1 N–H and O–H groups in total. The molecule has 3 rings (SSSR count). The van der Waals surface area contributed by atoms with Crippen molar-refractivity contribution >= 4 is 23.3 Å². The van der Waals surface area contributed by atoms with Gasteiger partial charge in [0, 0.05) is 24.1 Å². The Morgan fingerprint density at radius 1 is 0.794 bits per heavy atom. The number of benzene rings is 3. The third-order valence-electron chi connectivity index (χ3n) is 5.29. The molecule has 6 nitrogen and oxygen atoms in total. The number of ketones is 1. The van der Waals surface area contributed by atoms with Gasteiger partial charge in [0.15, 0.2) is 12.4 Å². The van der Waals surface area contributed by atoms with Crippen molar-refractivity contribution in [2.45, 2.75) is 40.0 Å². The summed E-state index contributed by atoms with van der Waals surface area (Å²) in [6.07, 6.45) is 0.565. The molecule has 0 fully saturated rings. The first-order chi connectivity index (χ1) is 16.3. The van der Waals surface area contributed by atoms with Crippen molar-refractivity contribution in [1.29, 1.82) is 0 Å².